The van der Waals surface area contributed by atoms with Gasteiger partial charge in [-0.1, -0.05) is 0 Å². The van der Waals surface area contributed by atoms with Crippen LogP contribution in [-0.4, -0.2) is 54.7 Å². The average Bonchev–Trinajstić information content (AvgIpc) is 3.16. The van der Waals surface area contributed by atoms with E-state index in [1.807, 2.05) is 14.1 Å². The Morgan fingerprint density at radius 1 is 1.27 bits per heavy atom. The summed E-state index contributed by atoms with van der Waals surface area (Å²) in [5.74, 6) is -1.07. The summed E-state index contributed by atoms with van der Waals surface area (Å²) < 4.78 is 62.7. The van der Waals surface area contributed by atoms with Gasteiger partial charge in [-0.25, -0.2) is 8.42 Å². The van der Waals surface area contributed by atoms with Crippen molar-refractivity contribution < 1.29 is 26.4 Å². The third-order valence-corrected chi connectivity index (χ3v) is 7.25. The second-order valence-electron chi connectivity index (χ2n) is 8.07. The summed E-state index contributed by atoms with van der Waals surface area (Å²) in [4.78, 5) is 13.1. The van der Waals surface area contributed by atoms with Gasteiger partial charge in [0.05, 0.1) is 22.9 Å². The van der Waals surface area contributed by atoms with Gasteiger partial charge in [0.1, 0.15) is 5.56 Å². The van der Waals surface area contributed by atoms with E-state index in [-0.39, 0.29) is 35.1 Å². The summed E-state index contributed by atoms with van der Waals surface area (Å²) in [7, 11) is -1.57. The highest BCUT2D eigenvalue weighted by Crippen LogP contribution is 2.36. The Bertz CT molecular complexity index is 1170. The molecule has 0 bridgehead atoms. The van der Waals surface area contributed by atoms with E-state index < -0.39 is 26.1 Å². The lowest BCUT2D eigenvalue weighted by molar-refractivity contribution is -0.0436. The van der Waals surface area contributed by atoms with Crippen LogP contribution in [0.4, 0.5) is 24.7 Å². The number of carbonyl (C=O) groups excluding carboxylic acids is 1. The van der Waals surface area contributed by atoms with Crippen molar-refractivity contribution in [3.05, 3.63) is 36.0 Å². The molecule has 0 saturated heterocycles. The van der Waals surface area contributed by atoms with Gasteiger partial charge < -0.3 is 16.0 Å². The van der Waals surface area contributed by atoms with Gasteiger partial charge in [0.25, 0.3) is 15.7 Å². The van der Waals surface area contributed by atoms with E-state index in [0.717, 1.165) is 30.7 Å². The molecule has 33 heavy (non-hydrogen) atoms. The van der Waals surface area contributed by atoms with Crippen molar-refractivity contribution >= 4 is 27.2 Å². The van der Waals surface area contributed by atoms with Crippen LogP contribution in [0.25, 0.3) is 0 Å². The number of carbonyl (C=O) groups is 1. The monoisotopic (exact) mass is 484 g/mol. The number of hydrogen-bond acceptors (Lipinski definition) is 7. The Morgan fingerprint density at radius 3 is 2.42 bits per heavy atom. The summed E-state index contributed by atoms with van der Waals surface area (Å²) in [6, 6.07) is 6.14. The van der Waals surface area contributed by atoms with Crippen molar-refractivity contribution in [1.82, 2.24) is 14.7 Å². The zero-order valence-corrected chi connectivity index (χ0v) is 18.7. The maximum atomic E-state index is 12.7. The standard InChI is InChI=1S/C20H23F3N6O3S/c1-28(2)14-5-8-17(12(9-14)10-24)29-11-16(18(25)30)19(27-29)26-13-3-6-15(7-4-13)33(31,32)20(21,22)23/h3-4,6-7,11-12,14,17H,5,8-9H2,1-2H3,(H2,25,30)(H,26,27)/t12-,14+,17+/m1/s1. The lowest BCUT2D eigenvalue weighted by Gasteiger charge is -2.35. The smallest absolute Gasteiger partial charge is 0.365 e. The summed E-state index contributed by atoms with van der Waals surface area (Å²) in [6.07, 6.45) is 3.57. The van der Waals surface area contributed by atoms with Gasteiger partial charge in [-0.2, -0.15) is 23.5 Å². The fourth-order valence-electron chi connectivity index (χ4n) is 3.88. The highest BCUT2D eigenvalue weighted by molar-refractivity contribution is 7.92. The minimum Gasteiger partial charge on any atom is -0.365 e. The van der Waals surface area contributed by atoms with E-state index in [4.69, 9.17) is 5.73 Å². The molecule has 178 valence electrons. The second-order valence-corrected chi connectivity index (χ2v) is 10.0. The number of sulfone groups is 1. The number of rotatable bonds is 6. The molecule has 1 fully saturated rings. The van der Waals surface area contributed by atoms with Gasteiger partial charge in [-0.15, -0.1) is 0 Å². The molecule has 0 unspecified atom stereocenters. The zero-order chi connectivity index (χ0) is 24.6. The quantitative estimate of drug-likeness (QED) is 0.644. The molecule has 1 heterocycles. The van der Waals surface area contributed by atoms with Crippen LogP contribution in [0.2, 0.25) is 0 Å². The van der Waals surface area contributed by atoms with E-state index >= 15 is 0 Å². The molecule has 13 heteroatoms. The predicted octanol–water partition coefficient (Wildman–Crippen LogP) is 2.81. The Labute approximate surface area is 188 Å². The third kappa shape index (κ3) is 4.96. The number of nitrogens with one attached hydrogen (secondary N) is 1. The van der Waals surface area contributed by atoms with Crippen LogP contribution in [0, 0.1) is 17.2 Å². The zero-order valence-electron chi connectivity index (χ0n) is 17.9. The Balaban J connectivity index is 1.87. The topological polar surface area (TPSA) is 134 Å². The molecule has 0 aliphatic heterocycles. The van der Waals surface area contributed by atoms with Crippen molar-refractivity contribution in [3.63, 3.8) is 0 Å². The summed E-state index contributed by atoms with van der Waals surface area (Å²) in [5.41, 5.74) is 0.288. The molecular formula is C20H23F3N6O3S. The molecule has 1 aliphatic carbocycles. The third-order valence-electron chi connectivity index (χ3n) is 5.75. The average molecular weight is 485 g/mol. The Morgan fingerprint density at radius 2 is 1.91 bits per heavy atom. The van der Waals surface area contributed by atoms with Crippen molar-refractivity contribution in [2.75, 3.05) is 19.4 Å². The van der Waals surface area contributed by atoms with Crippen LogP contribution in [0.5, 0.6) is 0 Å². The number of primary amides is 1. The van der Waals surface area contributed by atoms with Crippen LogP contribution in [0.3, 0.4) is 0 Å². The highest BCUT2D eigenvalue weighted by Gasteiger charge is 2.46. The molecule has 0 spiro atoms. The molecule has 1 saturated carbocycles. The second kappa shape index (κ2) is 9.03. The molecule has 3 rings (SSSR count). The first-order valence-electron chi connectivity index (χ1n) is 9.98. The number of amides is 1. The van der Waals surface area contributed by atoms with Crippen molar-refractivity contribution in [2.24, 2.45) is 11.7 Å². The van der Waals surface area contributed by atoms with Gasteiger partial charge in [-0.3, -0.25) is 9.48 Å². The van der Waals surface area contributed by atoms with Crippen molar-refractivity contribution in [1.29, 1.82) is 5.26 Å². The first-order valence-corrected chi connectivity index (χ1v) is 11.5. The lowest BCUT2D eigenvalue weighted by Crippen LogP contribution is -2.37. The van der Waals surface area contributed by atoms with E-state index in [1.165, 1.54) is 10.9 Å². The number of nitriles is 1. The molecule has 1 aliphatic rings. The van der Waals surface area contributed by atoms with E-state index in [0.29, 0.717) is 12.8 Å². The Kier molecular flexibility index (Phi) is 6.71. The minimum atomic E-state index is -5.47. The van der Waals surface area contributed by atoms with Crippen molar-refractivity contribution in [3.8, 4) is 6.07 Å². The van der Waals surface area contributed by atoms with Crippen LogP contribution >= 0.6 is 0 Å². The number of anilines is 2. The summed E-state index contributed by atoms with van der Waals surface area (Å²) >= 11 is 0. The molecule has 1 aromatic carbocycles. The molecule has 1 aromatic heterocycles. The van der Waals surface area contributed by atoms with Crippen LogP contribution in [-0.2, 0) is 9.84 Å². The number of aromatic nitrogens is 2. The molecule has 9 nitrogen and oxygen atoms in total. The minimum absolute atomic E-state index is 0.0356. The molecule has 0 radical (unpaired) electrons. The van der Waals surface area contributed by atoms with Gasteiger partial charge >= 0.3 is 5.51 Å². The maximum absolute atomic E-state index is 12.7. The van der Waals surface area contributed by atoms with Gasteiger partial charge in [0.2, 0.25) is 0 Å². The molecule has 1 amide bonds. The predicted molar refractivity (Wildman–Crippen MR) is 113 cm³/mol. The number of halogens is 3. The van der Waals surface area contributed by atoms with Crippen molar-refractivity contribution in [2.45, 2.75) is 41.7 Å². The van der Waals surface area contributed by atoms with Crippen LogP contribution in [0.1, 0.15) is 35.7 Å². The molecule has 2 aromatic rings. The molecule has 3 atom stereocenters. The number of benzene rings is 1. The van der Waals surface area contributed by atoms with Crippen LogP contribution in [0.15, 0.2) is 35.4 Å². The Hall–Kier alpha value is -3.11. The fraction of sp³-hybridized carbons (Fsp3) is 0.450. The van der Waals surface area contributed by atoms with Gasteiger partial charge in [0, 0.05) is 17.9 Å². The number of hydrogen-bond donors (Lipinski definition) is 2. The molecule has 3 N–H and O–H groups in total. The lowest BCUT2D eigenvalue weighted by atomic mass is 9.82. The first-order chi connectivity index (χ1) is 15.3. The largest absolute Gasteiger partial charge is 0.501 e. The molecular weight excluding hydrogens is 461 g/mol. The summed E-state index contributed by atoms with van der Waals surface area (Å²) in [6.45, 7) is 0. The SMILES string of the molecule is CN(C)[C@H]1CC[C@H](n2cc(C(N)=O)c(Nc3ccc(S(=O)(=O)C(F)(F)F)cc3)n2)[C@@H](C#N)C1. The van der Waals surface area contributed by atoms with E-state index in [9.17, 15) is 31.6 Å². The number of alkyl halides is 3. The first kappa shape index (κ1) is 24.5. The maximum Gasteiger partial charge on any atom is 0.501 e. The van der Waals surface area contributed by atoms with E-state index in [2.05, 4.69) is 21.4 Å². The highest BCUT2D eigenvalue weighted by atomic mass is 32.2. The van der Waals surface area contributed by atoms with E-state index in [1.54, 1.807) is 0 Å². The van der Waals surface area contributed by atoms with Gasteiger partial charge in [0.15, 0.2) is 5.82 Å². The number of nitrogens with two attached hydrogens (primary N) is 1. The normalized spacial score (nSPS) is 21.5. The summed E-state index contributed by atoms with van der Waals surface area (Å²) in [5, 5.41) is 16.8. The van der Waals surface area contributed by atoms with Gasteiger partial charge in [-0.05, 0) is 57.6 Å². The fourth-order valence-corrected chi connectivity index (χ4v) is 4.64. The van der Waals surface area contributed by atoms with Crippen LogP contribution < -0.4 is 11.1 Å². The number of nitrogens with zero attached hydrogens (tertiary/aromatic N) is 4.